The van der Waals surface area contributed by atoms with Gasteiger partial charge in [-0.1, -0.05) is 30.3 Å². The number of aliphatic hydroxyl groups is 1. The zero-order valence-electron chi connectivity index (χ0n) is 16.3. The molecule has 0 bridgehead atoms. The predicted octanol–water partition coefficient (Wildman–Crippen LogP) is 1.83. The number of rotatable bonds is 8. The number of hydrogen-bond donors (Lipinski definition) is 3. The second kappa shape index (κ2) is 10.1. The molecule has 1 fully saturated rings. The van der Waals surface area contributed by atoms with Crippen LogP contribution in [0.2, 0.25) is 0 Å². The largest absolute Gasteiger partial charge is 0.394 e. The molecule has 7 nitrogen and oxygen atoms in total. The van der Waals surface area contributed by atoms with E-state index in [4.69, 9.17) is 4.74 Å². The summed E-state index contributed by atoms with van der Waals surface area (Å²) in [6.45, 7) is -0.0591. The Morgan fingerprint density at radius 1 is 1.10 bits per heavy atom. The second-order valence-corrected chi connectivity index (χ2v) is 8.84. The van der Waals surface area contributed by atoms with E-state index in [0.717, 1.165) is 0 Å². The van der Waals surface area contributed by atoms with Crippen LogP contribution in [0.25, 0.3) is 0 Å². The van der Waals surface area contributed by atoms with Crippen LogP contribution in [0, 0.1) is 5.82 Å². The van der Waals surface area contributed by atoms with Crippen LogP contribution in [0.4, 0.5) is 4.39 Å². The molecule has 162 valence electrons. The lowest BCUT2D eigenvalue weighted by molar-refractivity contribution is -0.0871. The Kier molecular flexibility index (Phi) is 7.54. The maximum Gasteiger partial charge on any atom is 0.254 e. The van der Waals surface area contributed by atoms with E-state index in [-0.39, 0.29) is 29.7 Å². The fourth-order valence-corrected chi connectivity index (χ4v) is 4.75. The molecule has 3 rings (SSSR count). The highest BCUT2D eigenvalue weighted by Crippen LogP contribution is 2.23. The number of amides is 1. The van der Waals surface area contributed by atoms with E-state index in [1.54, 1.807) is 24.3 Å². The van der Waals surface area contributed by atoms with Gasteiger partial charge in [-0.25, -0.2) is 17.5 Å². The Hall–Kier alpha value is -2.33. The lowest BCUT2D eigenvalue weighted by Crippen LogP contribution is -2.51. The Morgan fingerprint density at radius 3 is 2.50 bits per heavy atom. The highest BCUT2D eigenvalue weighted by molar-refractivity contribution is 7.89. The molecule has 1 saturated heterocycles. The van der Waals surface area contributed by atoms with Crippen LogP contribution in [0.3, 0.4) is 0 Å². The Labute approximate surface area is 175 Å². The minimum Gasteiger partial charge on any atom is -0.394 e. The van der Waals surface area contributed by atoms with E-state index in [1.165, 1.54) is 30.3 Å². The molecule has 1 aliphatic heterocycles. The summed E-state index contributed by atoms with van der Waals surface area (Å²) in [6.07, 6.45) is 0.580. The number of carbonyl (C=O) groups is 1. The van der Waals surface area contributed by atoms with Crippen molar-refractivity contribution in [1.82, 2.24) is 10.0 Å². The van der Waals surface area contributed by atoms with Crippen molar-refractivity contribution in [3.05, 3.63) is 66.0 Å². The molecule has 0 radical (unpaired) electrons. The molecule has 1 amide bonds. The molecule has 0 aliphatic carbocycles. The van der Waals surface area contributed by atoms with Crippen LogP contribution in [-0.2, 0) is 14.8 Å². The third-order valence-corrected chi connectivity index (χ3v) is 6.53. The molecular weight excluding hydrogens is 411 g/mol. The van der Waals surface area contributed by atoms with Crippen LogP contribution in [0.15, 0.2) is 59.5 Å². The van der Waals surface area contributed by atoms with Gasteiger partial charge in [-0.3, -0.25) is 4.79 Å². The van der Waals surface area contributed by atoms with Crippen molar-refractivity contribution in [1.29, 1.82) is 0 Å². The zero-order chi connectivity index (χ0) is 21.6. The van der Waals surface area contributed by atoms with Crippen LogP contribution in [0.5, 0.6) is 0 Å². The lowest BCUT2D eigenvalue weighted by atomic mass is 9.98. The lowest BCUT2D eigenvalue weighted by Gasteiger charge is -2.36. The first-order valence-corrected chi connectivity index (χ1v) is 11.3. The van der Waals surface area contributed by atoms with Gasteiger partial charge in [-0.05, 0) is 43.5 Å². The van der Waals surface area contributed by atoms with E-state index in [0.29, 0.717) is 19.3 Å². The molecule has 3 atom stereocenters. The minimum atomic E-state index is -3.72. The average Bonchev–Trinajstić information content (AvgIpc) is 2.75. The van der Waals surface area contributed by atoms with Crippen molar-refractivity contribution < 1.29 is 27.4 Å². The van der Waals surface area contributed by atoms with Crippen LogP contribution >= 0.6 is 0 Å². The second-order valence-electron chi connectivity index (χ2n) is 7.12. The maximum absolute atomic E-state index is 13.7. The van der Waals surface area contributed by atoms with E-state index in [9.17, 15) is 22.7 Å². The summed E-state index contributed by atoms with van der Waals surface area (Å²) >= 11 is 0. The molecular formula is C21H25FN2O5S. The van der Waals surface area contributed by atoms with Crippen molar-refractivity contribution in [3.63, 3.8) is 0 Å². The summed E-state index contributed by atoms with van der Waals surface area (Å²) in [6, 6.07) is 13.2. The Balaban J connectivity index is 1.51. The SMILES string of the molecule is O=C(NCC[C@@H]1CC[C@H](NS(=O)(=O)c2ccccc2)[C@H](CO)O1)c1ccccc1F. The Morgan fingerprint density at radius 2 is 1.80 bits per heavy atom. The fourth-order valence-electron chi connectivity index (χ4n) is 3.43. The summed E-state index contributed by atoms with van der Waals surface area (Å²) in [7, 11) is -3.72. The molecule has 0 aromatic heterocycles. The van der Waals surface area contributed by atoms with Gasteiger partial charge in [-0.15, -0.1) is 0 Å². The van der Waals surface area contributed by atoms with Gasteiger partial charge in [0, 0.05) is 6.54 Å². The van der Waals surface area contributed by atoms with Gasteiger partial charge in [0.1, 0.15) is 5.82 Å². The van der Waals surface area contributed by atoms with Gasteiger partial charge in [0.05, 0.1) is 35.3 Å². The van der Waals surface area contributed by atoms with E-state index < -0.39 is 33.9 Å². The van der Waals surface area contributed by atoms with Crippen LogP contribution < -0.4 is 10.0 Å². The van der Waals surface area contributed by atoms with Crippen molar-refractivity contribution in [2.75, 3.05) is 13.2 Å². The number of ether oxygens (including phenoxy) is 1. The number of halogens is 1. The normalized spacial score (nSPS) is 21.9. The summed E-state index contributed by atoms with van der Waals surface area (Å²) in [4.78, 5) is 12.2. The summed E-state index contributed by atoms with van der Waals surface area (Å²) in [5.74, 6) is -1.09. The molecule has 9 heteroatoms. The van der Waals surface area contributed by atoms with Crippen LogP contribution in [0.1, 0.15) is 29.6 Å². The van der Waals surface area contributed by atoms with Crippen molar-refractivity contribution in [3.8, 4) is 0 Å². The smallest absolute Gasteiger partial charge is 0.254 e. The molecule has 1 aliphatic rings. The molecule has 2 aromatic carbocycles. The number of hydrogen-bond acceptors (Lipinski definition) is 5. The van der Waals surface area contributed by atoms with Gasteiger partial charge in [-0.2, -0.15) is 0 Å². The maximum atomic E-state index is 13.7. The number of nitrogens with one attached hydrogen (secondary N) is 2. The number of sulfonamides is 1. The van der Waals surface area contributed by atoms with E-state index in [1.807, 2.05) is 0 Å². The first-order chi connectivity index (χ1) is 14.4. The highest BCUT2D eigenvalue weighted by Gasteiger charge is 2.33. The van der Waals surface area contributed by atoms with Gasteiger partial charge in [0.25, 0.3) is 5.91 Å². The third-order valence-electron chi connectivity index (χ3n) is 5.03. The van der Waals surface area contributed by atoms with Gasteiger partial charge in [0.15, 0.2) is 0 Å². The summed E-state index contributed by atoms with van der Waals surface area (Å²) < 4.78 is 47.2. The quantitative estimate of drug-likeness (QED) is 0.586. The molecule has 1 heterocycles. The standard InChI is InChI=1S/C21H25FN2O5S/c22-18-9-5-4-8-17(18)21(26)23-13-12-15-10-11-19(20(14-25)29-15)24-30(27,28)16-6-2-1-3-7-16/h1-9,15,19-20,24-25H,10-14H2,(H,23,26)/t15-,19-,20-/m0/s1. The molecule has 3 N–H and O–H groups in total. The number of carbonyl (C=O) groups excluding carboxylic acids is 1. The number of aliphatic hydroxyl groups excluding tert-OH is 1. The molecule has 2 aromatic rings. The highest BCUT2D eigenvalue weighted by atomic mass is 32.2. The summed E-state index contributed by atoms with van der Waals surface area (Å²) in [5.41, 5.74) is -0.0225. The van der Waals surface area contributed by atoms with Crippen LogP contribution in [-0.4, -0.2) is 50.8 Å². The fraction of sp³-hybridized carbons (Fsp3) is 0.381. The first kappa shape index (κ1) is 22.4. The predicted molar refractivity (Wildman–Crippen MR) is 109 cm³/mol. The van der Waals surface area contributed by atoms with Gasteiger partial charge in [0.2, 0.25) is 10.0 Å². The van der Waals surface area contributed by atoms with Crippen molar-refractivity contribution in [2.45, 2.75) is 42.4 Å². The van der Waals surface area contributed by atoms with E-state index >= 15 is 0 Å². The first-order valence-electron chi connectivity index (χ1n) is 9.77. The number of benzene rings is 2. The van der Waals surface area contributed by atoms with Gasteiger partial charge >= 0.3 is 0 Å². The molecule has 30 heavy (non-hydrogen) atoms. The Bertz CT molecular complexity index is 955. The molecule has 0 saturated carbocycles. The summed E-state index contributed by atoms with van der Waals surface area (Å²) in [5, 5.41) is 12.3. The topological polar surface area (TPSA) is 105 Å². The van der Waals surface area contributed by atoms with Crippen molar-refractivity contribution in [2.24, 2.45) is 0 Å². The molecule has 0 spiro atoms. The molecule has 0 unspecified atom stereocenters. The minimum absolute atomic E-state index is 0.0225. The van der Waals surface area contributed by atoms with E-state index in [2.05, 4.69) is 10.0 Å². The van der Waals surface area contributed by atoms with Gasteiger partial charge < -0.3 is 15.2 Å². The average molecular weight is 437 g/mol. The zero-order valence-corrected chi connectivity index (χ0v) is 17.1. The monoisotopic (exact) mass is 436 g/mol. The third kappa shape index (κ3) is 5.63. The van der Waals surface area contributed by atoms with Crippen molar-refractivity contribution >= 4 is 15.9 Å².